The highest BCUT2D eigenvalue weighted by Gasteiger charge is 2.33. The summed E-state index contributed by atoms with van der Waals surface area (Å²) in [5.41, 5.74) is 1.98. The topological polar surface area (TPSA) is 46.5 Å². The first kappa shape index (κ1) is 13.7. The Kier molecular flexibility index (Phi) is 3.40. The number of carbonyl (C=O) groups excluding carboxylic acids is 1. The van der Waals surface area contributed by atoms with E-state index in [-0.39, 0.29) is 11.5 Å². The quantitative estimate of drug-likeness (QED) is 0.826. The van der Waals surface area contributed by atoms with E-state index in [4.69, 9.17) is 4.74 Å². The van der Waals surface area contributed by atoms with Gasteiger partial charge in [-0.05, 0) is 46.2 Å². The lowest BCUT2D eigenvalue weighted by Crippen LogP contribution is -2.35. The molecule has 1 aliphatic rings. The van der Waals surface area contributed by atoms with Gasteiger partial charge in [0.1, 0.15) is 17.1 Å². The van der Waals surface area contributed by atoms with E-state index in [0.717, 1.165) is 5.56 Å². The number of phenols is 1. The van der Waals surface area contributed by atoms with Crippen molar-refractivity contribution in [3.63, 3.8) is 0 Å². The predicted molar refractivity (Wildman–Crippen MR) is 74.9 cm³/mol. The Labute approximate surface area is 113 Å². The molecule has 0 aromatic heterocycles. The van der Waals surface area contributed by atoms with Crippen LogP contribution in [0.25, 0.3) is 0 Å². The van der Waals surface area contributed by atoms with Crippen LogP contribution in [0.5, 0.6) is 11.5 Å². The summed E-state index contributed by atoms with van der Waals surface area (Å²) in [6.45, 7) is 7.82. The van der Waals surface area contributed by atoms with Gasteiger partial charge in [0.25, 0.3) is 0 Å². The van der Waals surface area contributed by atoms with Crippen molar-refractivity contribution >= 4 is 5.78 Å². The van der Waals surface area contributed by atoms with Gasteiger partial charge in [-0.3, -0.25) is 4.79 Å². The van der Waals surface area contributed by atoms with Gasteiger partial charge in [-0.1, -0.05) is 11.6 Å². The van der Waals surface area contributed by atoms with Crippen molar-refractivity contribution in [1.82, 2.24) is 0 Å². The summed E-state index contributed by atoms with van der Waals surface area (Å²) in [4.78, 5) is 12.0. The SMILES string of the molecule is CC(C)=CCc1cc2c(cc1O)C(=O)CC(C)(C)O2. The fourth-order valence-electron chi connectivity index (χ4n) is 2.21. The Morgan fingerprint density at radius 2 is 2.11 bits per heavy atom. The standard InChI is InChI=1S/C16H20O3/c1-10(2)5-6-11-7-15-12(8-13(11)17)14(18)9-16(3,4)19-15/h5,7-8,17H,6,9H2,1-4H3. The molecule has 0 fully saturated rings. The highest BCUT2D eigenvalue weighted by atomic mass is 16.5. The molecular formula is C16H20O3. The zero-order valence-electron chi connectivity index (χ0n) is 11.9. The molecule has 1 aliphatic heterocycles. The molecule has 19 heavy (non-hydrogen) atoms. The minimum Gasteiger partial charge on any atom is -0.508 e. The van der Waals surface area contributed by atoms with Crippen LogP contribution in [0.2, 0.25) is 0 Å². The first-order valence-electron chi connectivity index (χ1n) is 6.50. The molecule has 1 N–H and O–H groups in total. The van der Waals surface area contributed by atoms with E-state index in [0.29, 0.717) is 24.2 Å². The number of benzene rings is 1. The van der Waals surface area contributed by atoms with E-state index in [1.165, 1.54) is 11.6 Å². The number of ether oxygens (including phenoxy) is 1. The number of rotatable bonds is 2. The molecule has 0 unspecified atom stereocenters. The third-order valence-corrected chi connectivity index (χ3v) is 3.18. The van der Waals surface area contributed by atoms with Gasteiger partial charge in [-0.15, -0.1) is 0 Å². The maximum Gasteiger partial charge on any atom is 0.170 e. The molecule has 0 bridgehead atoms. The summed E-state index contributed by atoms with van der Waals surface area (Å²) in [5.74, 6) is 0.763. The number of phenolic OH excluding ortho intramolecular Hbond substituents is 1. The van der Waals surface area contributed by atoms with Crippen LogP contribution < -0.4 is 4.74 Å². The predicted octanol–water partition coefficient (Wildman–Crippen LogP) is 3.64. The van der Waals surface area contributed by atoms with E-state index >= 15 is 0 Å². The van der Waals surface area contributed by atoms with Crippen LogP contribution in [-0.4, -0.2) is 16.5 Å². The maximum atomic E-state index is 12.0. The molecule has 3 heteroatoms. The van der Waals surface area contributed by atoms with E-state index in [2.05, 4.69) is 0 Å². The number of hydrogen-bond donors (Lipinski definition) is 1. The average molecular weight is 260 g/mol. The minimum atomic E-state index is -0.477. The van der Waals surface area contributed by atoms with Crippen LogP contribution in [0.1, 0.15) is 50.0 Å². The molecule has 102 valence electrons. The number of hydrogen-bond acceptors (Lipinski definition) is 3. The van der Waals surface area contributed by atoms with Crippen molar-refractivity contribution in [2.75, 3.05) is 0 Å². The Hall–Kier alpha value is -1.77. The van der Waals surface area contributed by atoms with Gasteiger partial charge in [-0.25, -0.2) is 0 Å². The Morgan fingerprint density at radius 3 is 2.74 bits per heavy atom. The molecule has 2 rings (SSSR count). The second kappa shape index (κ2) is 4.72. The van der Waals surface area contributed by atoms with Crippen LogP contribution >= 0.6 is 0 Å². The number of carbonyl (C=O) groups is 1. The average Bonchev–Trinajstić information content (AvgIpc) is 2.26. The van der Waals surface area contributed by atoms with Crippen LogP contribution in [0, 0.1) is 0 Å². The minimum absolute atomic E-state index is 0.0234. The fraction of sp³-hybridized carbons (Fsp3) is 0.438. The van der Waals surface area contributed by atoms with Crippen molar-refractivity contribution in [3.8, 4) is 11.5 Å². The van der Waals surface area contributed by atoms with Gasteiger partial charge < -0.3 is 9.84 Å². The summed E-state index contributed by atoms with van der Waals surface area (Å²) >= 11 is 0. The van der Waals surface area contributed by atoms with Crippen molar-refractivity contribution in [2.45, 2.75) is 46.1 Å². The molecule has 1 aromatic carbocycles. The van der Waals surface area contributed by atoms with E-state index in [1.807, 2.05) is 33.8 Å². The molecule has 0 saturated heterocycles. The largest absolute Gasteiger partial charge is 0.508 e. The highest BCUT2D eigenvalue weighted by Crippen LogP contribution is 2.37. The molecule has 0 radical (unpaired) electrons. The lowest BCUT2D eigenvalue weighted by atomic mass is 9.91. The van der Waals surface area contributed by atoms with E-state index < -0.39 is 5.60 Å². The Morgan fingerprint density at radius 1 is 1.42 bits per heavy atom. The van der Waals surface area contributed by atoms with Gasteiger partial charge >= 0.3 is 0 Å². The number of aromatic hydroxyl groups is 1. The third kappa shape index (κ3) is 2.98. The smallest absolute Gasteiger partial charge is 0.170 e. The van der Waals surface area contributed by atoms with Crippen molar-refractivity contribution in [2.24, 2.45) is 0 Å². The first-order valence-corrected chi connectivity index (χ1v) is 6.50. The second-order valence-electron chi connectivity index (χ2n) is 5.92. The zero-order valence-corrected chi connectivity index (χ0v) is 11.9. The number of Topliss-reactive ketones (excluding diaryl/α,β-unsaturated/α-hetero) is 1. The number of ketones is 1. The van der Waals surface area contributed by atoms with Gasteiger partial charge in [-0.2, -0.15) is 0 Å². The van der Waals surface area contributed by atoms with Crippen molar-refractivity contribution in [1.29, 1.82) is 0 Å². The van der Waals surface area contributed by atoms with Crippen molar-refractivity contribution in [3.05, 3.63) is 34.9 Å². The summed E-state index contributed by atoms with van der Waals surface area (Å²) in [6.07, 6.45) is 3.02. The van der Waals surface area contributed by atoms with Crippen molar-refractivity contribution < 1.29 is 14.6 Å². The molecule has 3 nitrogen and oxygen atoms in total. The Bertz CT molecular complexity index is 549. The molecule has 0 amide bonds. The van der Waals surface area contributed by atoms with Crippen LogP contribution in [-0.2, 0) is 6.42 Å². The van der Waals surface area contributed by atoms with Crippen LogP contribution in [0.3, 0.4) is 0 Å². The number of fused-ring (bicyclic) bond motifs is 1. The molecule has 0 spiro atoms. The van der Waals surface area contributed by atoms with Gasteiger partial charge in [0, 0.05) is 5.56 Å². The number of allylic oxidation sites excluding steroid dienone is 2. The molecule has 1 aromatic rings. The molecule has 0 atom stereocenters. The molecule has 1 heterocycles. The molecule has 0 aliphatic carbocycles. The molecular weight excluding hydrogens is 240 g/mol. The van der Waals surface area contributed by atoms with Gasteiger partial charge in [0.15, 0.2) is 5.78 Å². The maximum absolute atomic E-state index is 12.0. The summed E-state index contributed by atoms with van der Waals surface area (Å²) in [7, 11) is 0. The van der Waals surface area contributed by atoms with Gasteiger partial charge in [0.2, 0.25) is 0 Å². The normalized spacial score (nSPS) is 16.5. The lowest BCUT2D eigenvalue weighted by molar-refractivity contribution is 0.0618. The molecule has 0 saturated carbocycles. The highest BCUT2D eigenvalue weighted by molar-refractivity contribution is 6.00. The second-order valence-corrected chi connectivity index (χ2v) is 5.92. The summed E-state index contributed by atoms with van der Waals surface area (Å²) < 4.78 is 5.84. The fourth-order valence-corrected chi connectivity index (χ4v) is 2.21. The summed E-state index contributed by atoms with van der Waals surface area (Å²) in [5, 5.41) is 9.99. The Balaban J connectivity index is 2.42. The lowest BCUT2D eigenvalue weighted by Gasteiger charge is -2.32. The van der Waals surface area contributed by atoms with E-state index in [1.54, 1.807) is 6.07 Å². The zero-order chi connectivity index (χ0) is 14.2. The first-order chi connectivity index (χ1) is 8.78. The monoisotopic (exact) mass is 260 g/mol. The third-order valence-electron chi connectivity index (χ3n) is 3.18. The van der Waals surface area contributed by atoms with Crippen LogP contribution in [0.15, 0.2) is 23.8 Å². The van der Waals surface area contributed by atoms with Gasteiger partial charge in [0.05, 0.1) is 12.0 Å². The van der Waals surface area contributed by atoms with E-state index in [9.17, 15) is 9.90 Å². The summed E-state index contributed by atoms with van der Waals surface area (Å²) in [6, 6.07) is 3.31. The van der Waals surface area contributed by atoms with Crippen LogP contribution in [0.4, 0.5) is 0 Å².